The van der Waals surface area contributed by atoms with Gasteiger partial charge in [-0.3, -0.25) is 0 Å². The number of nitrogens with two attached hydrogens (primary N) is 1. The lowest BCUT2D eigenvalue weighted by atomic mass is 10.0. The van der Waals surface area contributed by atoms with Crippen LogP contribution in [0.1, 0.15) is 31.0 Å². The Balaban J connectivity index is 2.00. The van der Waals surface area contributed by atoms with E-state index in [2.05, 4.69) is 29.0 Å². The third-order valence-electron chi connectivity index (χ3n) is 2.72. The standard InChI is InChI=1S/C15H19NOS/c1-11(2)17-14-5-3-13(4-6-14)15(16)9-12-7-8-18-10-12/h3-8,10-11,15H,9,16H2,1-2H3. The molecule has 2 rings (SSSR count). The molecule has 0 amide bonds. The van der Waals surface area contributed by atoms with Crippen LogP contribution in [0.5, 0.6) is 5.75 Å². The van der Waals surface area contributed by atoms with Crippen LogP contribution in [0, 0.1) is 0 Å². The maximum atomic E-state index is 6.20. The minimum atomic E-state index is 0.0488. The van der Waals surface area contributed by atoms with Gasteiger partial charge in [-0.25, -0.2) is 0 Å². The van der Waals surface area contributed by atoms with E-state index in [-0.39, 0.29) is 12.1 Å². The second-order valence-electron chi connectivity index (χ2n) is 4.68. The Hall–Kier alpha value is -1.32. The van der Waals surface area contributed by atoms with Gasteiger partial charge in [-0.2, -0.15) is 11.3 Å². The first kappa shape index (κ1) is 13.1. The molecule has 1 aromatic carbocycles. The third-order valence-corrected chi connectivity index (χ3v) is 3.45. The molecule has 0 fully saturated rings. The summed E-state index contributed by atoms with van der Waals surface area (Å²) in [7, 11) is 0. The number of rotatable bonds is 5. The van der Waals surface area contributed by atoms with E-state index in [0.29, 0.717) is 0 Å². The predicted octanol–water partition coefficient (Wildman–Crippen LogP) is 3.78. The van der Waals surface area contributed by atoms with E-state index >= 15 is 0 Å². The molecule has 0 aliphatic rings. The van der Waals surface area contributed by atoms with Gasteiger partial charge < -0.3 is 10.5 Å². The van der Waals surface area contributed by atoms with Crippen LogP contribution in [-0.4, -0.2) is 6.10 Å². The molecule has 0 aliphatic carbocycles. The van der Waals surface area contributed by atoms with Gasteiger partial charge >= 0.3 is 0 Å². The molecule has 1 atom stereocenters. The van der Waals surface area contributed by atoms with Crippen LogP contribution >= 0.6 is 11.3 Å². The molecule has 0 radical (unpaired) electrons. The Morgan fingerprint density at radius 2 is 1.89 bits per heavy atom. The lowest BCUT2D eigenvalue weighted by molar-refractivity contribution is 0.242. The van der Waals surface area contributed by atoms with Crippen molar-refractivity contribution in [3.05, 3.63) is 52.2 Å². The summed E-state index contributed by atoms with van der Waals surface area (Å²) in [6.07, 6.45) is 1.09. The maximum Gasteiger partial charge on any atom is 0.119 e. The molecule has 1 heterocycles. The molecular weight excluding hydrogens is 242 g/mol. The Morgan fingerprint density at radius 1 is 1.17 bits per heavy atom. The average Bonchev–Trinajstić information content (AvgIpc) is 2.82. The van der Waals surface area contributed by atoms with E-state index in [1.54, 1.807) is 11.3 Å². The zero-order valence-corrected chi connectivity index (χ0v) is 11.6. The van der Waals surface area contributed by atoms with Crippen LogP contribution in [0.2, 0.25) is 0 Å². The summed E-state index contributed by atoms with van der Waals surface area (Å²) in [6.45, 7) is 4.05. The molecule has 3 heteroatoms. The van der Waals surface area contributed by atoms with Crippen LogP contribution in [0.4, 0.5) is 0 Å². The van der Waals surface area contributed by atoms with Gasteiger partial charge in [0, 0.05) is 6.04 Å². The molecule has 2 nitrogen and oxygen atoms in total. The largest absolute Gasteiger partial charge is 0.491 e. The number of thiophene rings is 1. The van der Waals surface area contributed by atoms with Gasteiger partial charge in [-0.05, 0) is 60.4 Å². The highest BCUT2D eigenvalue weighted by molar-refractivity contribution is 7.07. The summed E-state index contributed by atoms with van der Waals surface area (Å²) in [4.78, 5) is 0. The normalized spacial score (nSPS) is 12.7. The van der Waals surface area contributed by atoms with E-state index in [4.69, 9.17) is 10.5 Å². The van der Waals surface area contributed by atoms with Crippen LogP contribution in [-0.2, 0) is 6.42 Å². The highest BCUT2D eigenvalue weighted by Gasteiger charge is 2.08. The SMILES string of the molecule is CC(C)Oc1ccc(C(N)Cc2ccsc2)cc1. The smallest absolute Gasteiger partial charge is 0.119 e. The van der Waals surface area contributed by atoms with Gasteiger partial charge in [-0.15, -0.1) is 0 Å². The minimum absolute atomic E-state index is 0.0488. The topological polar surface area (TPSA) is 35.2 Å². The van der Waals surface area contributed by atoms with Crippen molar-refractivity contribution in [1.82, 2.24) is 0 Å². The van der Waals surface area contributed by atoms with Crippen molar-refractivity contribution in [1.29, 1.82) is 0 Å². The second-order valence-corrected chi connectivity index (χ2v) is 5.46. The van der Waals surface area contributed by atoms with E-state index in [0.717, 1.165) is 17.7 Å². The molecule has 96 valence electrons. The van der Waals surface area contributed by atoms with Gasteiger partial charge in [0.25, 0.3) is 0 Å². The van der Waals surface area contributed by atoms with E-state index in [9.17, 15) is 0 Å². The van der Waals surface area contributed by atoms with Gasteiger partial charge in [0.1, 0.15) is 5.75 Å². The molecule has 1 aromatic heterocycles. The molecule has 2 N–H and O–H groups in total. The average molecular weight is 261 g/mol. The Kier molecular flexibility index (Phi) is 4.39. The summed E-state index contributed by atoms with van der Waals surface area (Å²) in [5.41, 5.74) is 8.65. The first-order chi connectivity index (χ1) is 8.65. The van der Waals surface area contributed by atoms with Crippen molar-refractivity contribution in [3.8, 4) is 5.75 Å². The van der Waals surface area contributed by atoms with E-state index in [1.807, 2.05) is 26.0 Å². The quantitative estimate of drug-likeness (QED) is 0.889. The van der Waals surface area contributed by atoms with Crippen LogP contribution in [0.25, 0.3) is 0 Å². The molecule has 2 aromatic rings. The fourth-order valence-corrected chi connectivity index (χ4v) is 2.53. The van der Waals surface area contributed by atoms with Crippen molar-refractivity contribution >= 4 is 11.3 Å². The number of hydrogen-bond acceptors (Lipinski definition) is 3. The van der Waals surface area contributed by atoms with Crippen molar-refractivity contribution in [2.24, 2.45) is 5.73 Å². The van der Waals surface area contributed by atoms with Crippen molar-refractivity contribution in [2.45, 2.75) is 32.4 Å². The van der Waals surface area contributed by atoms with E-state index < -0.39 is 0 Å². The molecule has 0 aliphatic heterocycles. The summed E-state index contributed by atoms with van der Waals surface area (Å²) in [5, 5.41) is 4.23. The number of hydrogen-bond donors (Lipinski definition) is 1. The summed E-state index contributed by atoms with van der Waals surface area (Å²) < 4.78 is 5.62. The van der Waals surface area contributed by atoms with Crippen LogP contribution in [0.3, 0.4) is 0 Å². The number of ether oxygens (including phenoxy) is 1. The Bertz CT molecular complexity index is 462. The predicted molar refractivity (Wildman–Crippen MR) is 77.2 cm³/mol. The van der Waals surface area contributed by atoms with Crippen molar-refractivity contribution < 1.29 is 4.74 Å². The zero-order chi connectivity index (χ0) is 13.0. The molecular formula is C15H19NOS. The summed E-state index contributed by atoms with van der Waals surface area (Å²) in [6, 6.07) is 10.3. The molecule has 0 bridgehead atoms. The molecule has 1 unspecified atom stereocenters. The Morgan fingerprint density at radius 3 is 2.44 bits per heavy atom. The van der Waals surface area contributed by atoms with Gasteiger partial charge in [0.2, 0.25) is 0 Å². The van der Waals surface area contributed by atoms with Gasteiger partial charge in [0.15, 0.2) is 0 Å². The second kappa shape index (κ2) is 6.03. The van der Waals surface area contributed by atoms with Crippen molar-refractivity contribution in [3.63, 3.8) is 0 Å². The van der Waals surface area contributed by atoms with Crippen LogP contribution < -0.4 is 10.5 Å². The Labute approximate surface area is 112 Å². The highest BCUT2D eigenvalue weighted by Crippen LogP contribution is 2.21. The zero-order valence-electron chi connectivity index (χ0n) is 10.8. The number of benzene rings is 1. The van der Waals surface area contributed by atoms with Gasteiger partial charge in [0.05, 0.1) is 6.10 Å². The molecule has 0 saturated carbocycles. The minimum Gasteiger partial charge on any atom is -0.491 e. The fourth-order valence-electron chi connectivity index (χ4n) is 1.85. The van der Waals surface area contributed by atoms with Gasteiger partial charge in [-0.1, -0.05) is 12.1 Å². The third kappa shape index (κ3) is 3.59. The monoisotopic (exact) mass is 261 g/mol. The first-order valence-electron chi connectivity index (χ1n) is 6.18. The lowest BCUT2D eigenvalue weighted by Crippen LogP contribution is -2.13. The van der Waals surface area contributed by atoms with E-state index in [1.165, 1.54) is 5.56 Å². The first-order valence-corrected chi connectivity index (χ1v) is 7.12. The maximum absolute atomic E-state index is 6.20. The summed E-state index contributed by atoms with van der Waals surface area (Å²) >= 11 is 1.71. The molecule has 0 spiro atoms. The van der Waals surface area contributed by atoms with Crippen LogP contribution in [0.15, 0.2) is 41.1 Å². The van der Waals surface area contributed by atoms with Crippen molar-refractivity contribution in [2.75, 3.05) is 0 Å². The highest BCUT2D eigenvalue weighted by atomic mass is 32.1. The fraction of sp³-hybridized carbons (Fsp3) is 0.333. The molecule has 0 saturated heterocycles. The lowest BCUT2D eigenvalue weighted by Gasteiger charge is -2.13. The summed E-state index contributed by atoms with van der Waals surface area (Å²) in [5.74, 6) is 0.900. The molecule has 18 heavy (non-hydrogen) atoms.